The zero-order valence-electron chi connectivity index (χ0n) is 18.6. The SMILES string of the molecule is CNC(=O)NC1(C=O)CCCC1CNS(=O)c1ccc(-c2cc3ccccc3o2)c(OC)c1. The zero-order valence-corrected chi connectivity index (χ0v) is 19.4. The van der Waals surface area contributed by atoms with Gasteiger partial charge in [-0.15, -0.1) is 0 Å². The number of benzene rings is 2. The normalized spacial score (nSPS) is 21.0. The monoisotopic (exact) mass is 469 g/mol. The molecule has 3 unspecified atom stereocenters. The molecule has 1 heterocycles. The van der Waals surface area contributed by atoms with Crippen LogP contribution in [0.25, 0.3) is 22.3 Å². The van der Waals surface area contributed by atoms with Crippen molar-refractivity contribution in [1.29, 1.82) is 0 Å². The largest absolute Gasteiger partial charge is 0.496 e. The Morgan fingerprint density at radius 1 is 1.27 bits per heavy atom. The van der Waals surface area contributed by atoms with Gasteiger partial charge in [-0.25, -0.2) is 13.7 Å². The van der Waals surface area contributed by atoms with Crippen LogP contribution in [-0.2, 0) is 15.8 Å². The Morgan fingerprint density at radius 3 is 2.82 bits per heavy atom. The lowest BCUT2D eigenvalue weighted by Crippen LogP contribution is -2.56. The van der Waals surface area contributed by atoms with Gasteiger partial charge in [0.25, 0.3) is 0 Å². The maximum atomic E-state index is 13.0. The highest BCUT2D eigenvalue weighted by Gasteiger charge is 2.44. The number of para-hydroxylation sites is 1. The molecular weight excluding hydrogens is 442 g/mol. The van der Waals surface area contributed by atoms with Crippen LogP contribution >= 0.6 is 0 Å². The first-order valence-electron chi connectivity index (χ1n) is 10.8. The Bertz CT molecular complexity index is 1160. The molecule has 1 aliphatic carbocycles. The minimum atomic E-state index is -1.53. The van der Waals surface area contributed by atoms with Crippen LogP contribution in [0.15, 0.2) is 57.8 Å². The standard InChI is InChI=1S/C24H27N3O5S/c1-25-23(29)27-24(15-28)11-5-7-17(24)14-26-33(30)18-9-10-19(21(13-18)31-2)22-12-16-6-3-4-8-20(16)32-22/h3-4,6,8-10,12-13,15,17,26H,5,7,11,14H2,1-2H3,(H2,25,27,29). The quantitative estimate of drug-likeness (QED) is 0.438. The molecule has 4 rings (SSSR count). The molecule has 8 nitrogen and oxygen atoms in total. The van der Waals surface area contributed by atoms with Gasteiger partial charge in [0, 0.05) is 24.9 Å². The van der Waals surface area contributed by atoms with Gasteiger partial charge in [-0.05, 0) is 43.2 Å². The van der Waals surface area contributed by atoms with Crippen LogP contribution < -0.4 is 20.1 Å². The van der Waals surface area contributed by atoms with E-state index in [0.29, 0.717) is 29.4 Å². The molecular formula is C24H27N3O5S. The van der Waals surface area contributed by atoms with Crippen molar-refractivity contribution >= 4 is 34.3 Å². The summed E-state index contributed by atoms with van der Waals surface area (Å²) in [7, 11) is 1.54. The summed E-state index contributed by atoms with van der Waals surface area (Å²) < 4.78 is 27.5. The van der Waals surface area contributed by atoms with Crippen LogP contribution in [-0.4, -0.2) is 42.8 Å². The van der Waals surface area contributed by atoms with Crippen LogP contribution in [0.2, 0.25) is 0 Å². The fraction of sp³-hybridized carbons (Fsp3) is 0.333. The third-order valence-electron chi connectivity index (χ3n) is 6.19. The molecule has 0 saturated heterocycles. The fourth-order valence-corrected chi connectivity index (χ4v) is 5.30. The van der Waals surface area contributed by atoms with Crippen molar-refractivity contribution in [2.24, 2.45) is 5.92 Å². The summed E-state index contributed by atoms with van der Waals surface area (Å²) in [5, 5.41) is 6.25. The summed E-state index contributed by atoms with van der Waals surface area (Å²) in [6, 6.07) is 14.6. The molecule has 1 aromatic heterocycles. The molecule has 0 spiro atoms. The lowest BCUT2D eigenvalue weighted by atomic mass is 9.88. The highest BCUT2D eigenvalue weighted by atomic mass is 32.2. The van der Waals surface area contributed by atoms with Crippen molar-refractivity contribution in [2.75, 3.05) is 20.7 Å². The van der Waals surface area contributed by atoms with Crippen LogP contribution in [0.4, 0.5) is 4.79 Å². The van der Waals surface area contributed by atoms with Crippen molar-refractivity contribution in [3.63, 3.8) is 0 Å². The summed E-state index contributed by atoms with van der Waals surface area (Å²) in [6.45, 7) is 0.322. The van der Waals surface area contributed by atoms with Gasteiger partial charge in [0.15, 0.2) is 0 Å². The number of carbonyl (C=O) groups excluding carboxylic acids is 2. The van der Waals surface area contributed by atoms with E-state index < -0.39 is 22.6 Å². The van der Waals surface area contributed by atoms with E-state index in [2.05, 4.69) is 15.4 Å². The summed E-state index contributed by atoms with van der Waals surface area (Å²) in [4.78, 5) is 24.2. The maximum Gasteiger partial charge on any atom is 0.315 e. The third kappa shape index (κ3) is 4.65. The summed E-state index contributed by atoms with van der Waals surface area (Å²) in [6.07, 6.45) is 2.92. The maximum absolute atomic E-state index is 13.0. The lowest BCUT2D eigenvalue weighted by molar-refractivity contribution is -0.114. The number of urea groups is 1. The number of hydrogen-bond donors (Lipinski definition) is 3. The van der Waals surface area contributed by atoms with Gasteiger partial charge in [0.05, 0.1) is 17.6 Å². The molecule has 33 heavy (non-hydrogen) atoms. The minimum absolute atomic E-state index is 0.159. The zero-order chi connectivity index (χ0) is 23.4. The van der Waals surface area contributed by atoms with Gasteiger partial charge in [-0.3, -0.25) is 0 Å². The first-order chi connectivity index (χ1) is 16.0. The van der Waals surface area contributed by atoms with E-state index >= 15 is 0 Å². The number of aldehydes is 1. The molecule has 0 radical (unpaired) electrons. The molecule has 174 valence electrons. The summed E-state index contributed by atoms with van der Waals surface area (Å²) in [5.41, 5.74) is 0.588. The van der Waals surface area contributed by atoms with Gasteiger partial charge in [-0.2, -0.15) is 0 Å². The average molecular weight is 470 g/mol. The van der Waals surface area contributed by atoms with E-state index in [1.165, 1.54) is 7.05 Å². The number of hydrogen-bond acceptors (Lipinski definition) is 5. The Labute approximate surface area is 194 Å². The second kappa shape index (κ2) is 9.76. The minimum Gasteiger partial charge on any atom is -0.496 e. The van der Waals surface area contributed by atoms with E-state index in [1.807, 2.05) is 36.4 Å². The molecule has 3 atom stereocenters. The van der Waals surface area contributed by atoms with Crippen molar-refractivity contribution in [3.05, 3.63) is 48.5 Å². The molecule has 3 N–H and O–H groups in total. The number of nitrogens with one attached hydrogen (secondary N) is 3. The molecule has 0 aliphatic heterocycles. The Hall–Kier alpha value is -3.17. The fourth-order valence-electron chi connectivity index (χ4n) is 4.37. The topological polar surface area (TPSA) is 110 Å². The van der Waals surface area contributed by atoms with Crippen LogP contribution in [0.5, 0.6) is 5.75 Å². The Balaban J connectivity index is 1.49. The molecule has 9 heteroatoms. The van der Waals surface area contributed by atoms with Crippen molar-refractivity contribution in [2.45, 2.75) is 29.7 Å². The molecule has 1 fully saturated rings. The third-order valence-corrected chi connectivity index (χ3v) is 7.30. The second-order valence-corrected chi connectivity index (χ2v) is 9.38. The van der Waals surface area contributed by atoms with Crippen molar-refractivity contribution in [1.82, 2.24) is 15.4 Å². The molecule has 0 bridgehead atoms. The molecule has 3 aromatic rings. The number of ether oxygens (including phenoxy) is 1. The van der Waals surface area contributed by atoms with Crippen LogP contribution in [0, 0.1) is 5.92 Å². The first kappa shape index (κ1) is 23.0. The molecule has 2 aromatic carbocycles. The van der Waals surface area contributed by atoms with E-state index in [4.69, 9.17) is 9.15 Å². The number of methoxy groups -OCH3 is 1. The number of carbonyl (C=O) groups is 2. The van der Waals surface area contributed by atoms with E-state index in [9.17, 15) is 13.8 Å². The van der Waals surface area contributed by atoms with Crippen LogP contribution in [0.1, 0.15) is 19.3 Å². The van der Waals surface area contributed by atoms with E-state index in [1.54, 1.807) is 19.2 Å². The first-order valence-corrected chi connectivity index (χ1v) is 11.9. The molecule has 2 amide bonds. The highest BCUT2D eigenvalue weighted by Crippen LogP contribution is 2.36. The predicted molar refractivity (Wildman–Crippen MR) is 126 cm³/mol. The summed E-state index contributed by atoms with van der Waals surface area (Å²) in [5.74, 6) is 1.06. The number of furan rings is 1. The highest BCUT2D eigenvalue weighted by molar-refractivity contribution is 7.83. The lowest BCUT2D eigenvalue weighted by Gasteiger charge is -2.31. The number of fused-ring (bicyclic) bond motifs is 1. The summed E-state index contributed by atoms with van der Waals surface area (Å²) >= 11 is 0. The number of rotatable bonds is 8. The van der Waals surface area contributed by atoms with Gasteiger partial charge < -0.3 is 24.6 Å². The van der Waals surface area contributed by atoms with Crippen molar-refractivity contribution in [3.8, 4) is 17.1 Å². The molecule has 1 saturated carbocycles. The van der Waals surface area contributed by atoms with Gasteiger partial charge in [0.1, 0.15) is 39.9 Å². The van der Waals surface area contributed by atoms with Crippen LogP contribution in [0.3, 0.4) is 0 Å². The van der Waals surface area contributed by atoms with Gasteiger partial charge in [0.2, 0.25) is 0 Å². The number of amides is 2. The Morgan fingerprint density at radius 2 is 2.09 bits per heavy atom. The second-order valence-electron chi connectivity index (χ2n) is 8.08. The smallest absolute Gasteiger partial charge is 0.315 e. The van der Waals surface area contributed by atoms with Crippen molar-refractivity contribution < 1.29 is 23.0 Å². The van der Waals surface area contributed by atoms with E-state index in [-0.39, 0.29) is 5.92 Å². The average Bonchev–Trinajstić information content (AvgIpc) is 3.46. The van der Waals surface area contributed by atoms with Gasteiger partial charge >= 0.3 is 6.03 Å². The Kier molecular flexibility index (Phi) is 6.80. The molecule has 1 aliphatic rings. The van der Waals surface area contributed by atoms with E-state index in [0.717, 1.165) is 35.7 Å². The van der Waals surface area contributed by atoms with Gasteiger partial charge in [-0.1, -0.05) is 24.6 Å². The predicted octanol–water partition coefficient (Wildman–Crippen LogP) is 3.39.